The second-order valence-corrected chi connectivity index (χ2v) is 8.98. The van der Waals surface area contributed by atoms with Crippen LogP contribution in [-0.4, -0.2) is 30.7 Å². The van der Waals surface area contributed by atoms with E-state index >= 15 is 0 Å². The van der Waals surface area contributed by atoms with Gasteiger partial charge < -0.3 is 0 Å². The second-order valence-electron chi connectivity index (χ2n) is 7.39. The van der Waals surface area contributed by atoms with E-state index in [1.54, 1.807) is 29.8 Å². The summed E-state index contributed by atoms with van der Waals surface area (Å²) in [5.41, 5.74) is 4.61. The van der Waals surface area contributed by atoms with Crippen LogP contribution < -0.4 is 0 Å². The van der Waals surface area contributed by atoms with E-state index in [1.807, 2.05) is 25.3 Å². The van der Waals surface area contributed by atoms with Crippen molar-refractivity contribution in [3.05, 3.63) is 63.5 Å². The van der Waals surface area contributed by atoms with Gasteiger partial charge in [-0.05, 0) is 48.1 Å². The average molecular weight is 440 g/mol. The molecule has 1 unspecified atom stereocenters. The van der Waals surface area contributed by atoms with Crippen molar-refractivity contribution in [1.29, 1.82) is 0 Å². The van der Waals surface area contributed by atoms with Crippen LogP contribution in [0.2, 0.25) is 5.02 Å². The summed E-state index contributed by atoms with van der Waals surface area (Å²) in [7, 11) is 0. The zero-order chi connectivity index (χ0) is 21.3. The van der Waals surface area contributed by atoms with Crippen LogP contribution in [-0.2, 0) is 17.6 Å². The van der Waals surface area contributed by atoms with Crippen LogP contribution >= 0.6 is 22.9 Å². The number of halogens is 1. The summed E-state index contributed by atoms with van der Waals surface area (Å²) >= 11 is 7.98. The van der Waals surface area contributed by atoms with Crippen LogP contribution in [0.5, 0.6) is 0 Å². The number of aromatic nitrogens is 5. The Kier molecular flexibility index (Phi) is 5.92. The molecule has 0 bridgehead atoms. The molecule has 3 heterocycles. The van der Waals surface area contributed by atoms with Gasteiger partial charge in [-0.3, -0.25) is 4.79 Å². The first-order valence-electron chi connectivity index (χ1n) is 9.88. The van der Waals surface area contributed by atoms with Gasteiger partial charge in [0.2, 0.25) is 0 Å². The topological polar surface area (TPSA) is 73.6 Å². The van der Waals surface area contributed by atoms with E-state index in [4.69, 9.17) is 16.6 Å². The minimum atomic E-state index is 0.119. The van der Waals surface area contributed by atoms with E-state index in [9.17, 15) is 4.79 Å². The number of carbonyl (C=O) groups is 1. The number of rotatable bonds is 7. The molecular formula is C22H22ClN5OS. The highest BCUT2D eigenvalue weighted by Gasteiger charge is 2.19. The molecule has 4 aromatic rings. The van der Waals surface area contributed by atoms with E-state index in [2.05, 4.69) is 29.0 Å². The molecule has 4 rings (SSSR count). The first-order chi connectivity index (χ1) is 14.5. The summed E-state index contributed by atoms with van der Waals surface area (Å²) < 4.78 is 0. The molecule has 0 saturated carbocycles. The van der Waals surface area contributed by atoms with Crippen LogP contribution in [0, 0.1) is 6.92 Å². The lowest BCUT2D eigenvalue weighted by Gasteiger charge is -2.15. The van der Waals surface area contributed by atoms with Crippen molar-refractivity contribution >= 4 is 39.1 Å². The van der Waals surface area contributed by atoms with E-state index in [-0.39, 0.29) is 5.78 Å². The van der Waals surface area contributed by atoms with Gasteiger partial charge in [0.25, 0.3) is 0 Å². The lowest BCUT2D eigenvalue weighted by molar-refractivity contribution is -0.117. The summed E-state index contributed by atoms with van der Waals surface area (Å²) in [6, 6.07) is 5.53. The van der Waals surface area contributed by atoms with Crippen molar-refractivity contribution in [1.82, 2.24) is 25.0 Å². The highest BCUT2D eigenvalue weighted by atomic mass is 35.5. The molecule has 0 amide bonds. The van der Waals surface area contributed by atoms with E-state index in [0.717, 1.165) is 38.5 Å². The maximum absolute atomic E-state index is 12.9. The number of Topliss-reactive ketones (excluding diaryl/α,β-unsaturated/α-hetero) is 1. The van der Waals surface area contributed by atoms with Crippen LogP contribution in [0.3, 0.4) is 0 Å². The van der Waals surface area contributed by atoms with Crippen molar-refractivity contribution in [3.63, 3.8) is 0 Å². The van der Waals surface area contributed by atoms with Crippen molar-refractivity contribution < 1.29 is 4.79 Å². The molecular weight excluding hydrogens is 418 g/mol. The lowest BCUT2D eigenvalue weighted by Crippen LogP contribution is -2.11. The maximum atomic E-state index is 12.9. The number of aryl methyl sites for hydroxylation is 1. The molecule has 6 nitrogen and oxygen atoms in total. The minimum absolute atomic E-state index is 0.119. The summed E-state index contributed by atoms with van der Waals surface area (Å²) in [6.07, 6.45) is 6.66. The fourth-order valence-corrected chi connectivity index (χ4v) is 4.65. The van der Waals surface area contributed by atoms with Gasteiger partial charge in [0, 0.05) is 19.0 Å². The van der Waals surface area contributed by atoms with E-state index in [0.29, 0.717) is 29.5 Å². The number of carbonyl (C=O) groups excluding carboxylic acids is 1. The Bertz CT molecular complexity index is 1200. The average Bonchev–Trinajstić information content (AvgIpc) is 3.36. The van der Waals surface area contributed by atoms with Crippen molar-refractivity contribution in [2.45, 2.75) is 46.0 Å². The highest BCUT2D eigenvalue weighted by molar-refractivity contribution is 7.18. The van der Waals surface area contributed by atoms with Crippen molar-refractivity contribution in [2.75, 3.05) is 0 Å². The normalized spacial score (nSPS) is 12.4. The lowest BCUT2D eigenvalue weighted by atomic mass is 9.91. The molecule has 8 heteroatoms. The number of benzene rings is 1. The number of fused-ring (bicyclic) bond motifs is 1. The Balaban J connectivity index is 1.57. The fourth-order valence-electron chi connectivity index (χ4n) is 3.60. The van der Waals surface area contributed by atoms with Crippen LogP contribution in [0.1, 0.15) is 47.9 Å². The highest BCUT2D eigenvalue weighted by Crippen LogP contribution is 2.32. The summed E-state index contributed by atoms with van der Waals surface area (Å²) in [5.74, 6) is 0.434. The molecule has 0 N–H and O–H groups in total. The van der Waals surface area contributed by atoms with Crippen molar-refractivity contribution in [3.8, 4) is 5.69 Å². The van der Waals surface area contributed by atoms with Crippen LogP contribution in [0.15, 0.2) is 36.8 Å². The van der Waals surface area contributed by atoms with Gasteiger partial charge >= 0.3 is 0 Å². The van der Waals surface area contributed by atoms with Gasteiger partial charge in [0.1, 0.15) is 21.8 Å². The third kappa shape index (κ3) is 4.13. The number of ketones is 1. The predicted octanol–water partition coefficient (Wildman–Crippen LogP) is 5.10. The van der Waals surface area contributed by atoms with Crippen LogP contribution in [0.4, 0.5) is 0 Å². The van der Waals surface area contributed by atoms with Gasteiger partial charge in [-0.1, -0.05) is 42.9 Å². The molecule has 0 saturated heterocycles. The zero-order valence-electron chi connectivity index (χ0n) is 17.1. The maximum Gasteiger partial charge on any atom is 0.143 e. The third-order valence-electron chi connectivity index (χ3n) is 5.20. The SMILES string of the molecule is CCC(C)c1c(CC(=O)Cc2ccc(-n3nccn3)c(Cl)c2)cnc2sc(C)nc12. The quantitative estimate of drug-likeness (QED) is 0.400. The first-order valence-corrected chi connectivity index (χ1v) is 11.1. The Morgan fingerprint density at radius 1 is 1.23 bits per heavy atom. The van der Waals surface area contributed by atoms with Gasteiger partial charge in [0.15, 0.2) is 0 Å². The molecule has 1 atom stereocenters. The van der Waals surface area contributed by atoms with Crippen molar-refractivity contribution in [2.24, 2.45) is 0 Å². The monoisotopic (exact) mass is 439 g/mol. The molecule has 3 aromatic heterocycles. The Hall–Kier alpha value is -2.64. The van der Waals surface area contributed by atoms with Gasteiger partial charge in [-0.25, -0.2) is 9.97 Å². The molecule has 0 spiro atoms. The molecule has 0 fully saturated rings. The molecule has 30 heavy (non-hydrogen) atoms. The summed E-state index contributed by atoms with van der Waals surface area (Å²) in [6.45, 7) is 6.32. The van der Waals surface area contributed by atoms with Gasteiger partial charge in [-0.2, -0.15) is 15.0 Å². The standard InChI is InChI=1S/C22H22ClN5OS/c1-4-13(2)20-16(12-24-22-21(20)27-14(3)30-22)11-17(29)9-15-5-6-19(18(23)10-15)28-25-7-8-26-28/h5-8,10,12-13H,4,9,11H2,1-3H3. The van der Waals surface area contributed by atoms with Gasteiger partial charge in [-0.15, -0.1) is 0 Å². The Morgan fingerprint density at radius 3 is 2.70 bits per heavy atom. The van der Waals surface area contributed by atoms with E-state index < -0.39 is 0 Å². The number of thiazole rings is 1. The Labute approximate surface area is 183 Å². The minimum Gasteiger partial charge on any atom is -0.299 e. The largest absolute Gasteiger partial charge is 0.299 e. The molecule has 0 radical (unpaired) electrons. The van der Waals surface area contributed by atoms with Gasteiger partial charge in [0.05, 0.1) is 22.4 Å². The molecule has 0 aliphatic carbocycles. The van der Waals surface area contributed by atoms with E-state index in [1.165, 1.54) is 4.80 Å². The fraction of sp³-hybridized carbons (Fsp3) is 0.318. The predicted molar refractivity (Wildman–Crippen MR) is 120 cm³/mol. The number of nitrogens with zero attached hydrogens (tertiary/aromatic N) is 5. The number of hydrogen-bond donors (Lipinski definition) is 0. The summed E-state index contributed by atoms with van der Waals surface area (Å²) in [4.78, 5) is 24.5. The number of pyridine rings is 1. The molecule has 154 valence electrons. The molecule has 0 aliphatic heterocycles. The summed E-state index contributed by atoms with van der Waals surface area (Å²) in [5, 5.41) is 9.70. The zero-order valence-corrected chi connectivity index (χ0v) is 18.7. The second kappa shape index (κ2) is 8.62. The molecule has 1 aromatic carbocycles. The first kappa shape index (κ1) is 20.6. The van der Waals surface area contributed by atoms with Crippen LogP contribution in [0.25, 0.3) is 16.0 Å². The number of hydrogen-bond acceptors (Lipinski definition) is 6. The Morgan fingerprint density at radius 2 is 2.00 bits per heavy atom. The third-order valence-corrected chi connectivity index (χ3v) is 6.38. The smallest absolute Gasteiger partial charge is 0.143 e. The molecule has 0 aliphatic rings.